The Morgan fingerprint density at radius 1 is 1.19 bits per heavy atom. The summed E-state index contributed by atoms with van der Waals surface area (Å²) in [4.78, 5) is 4.75. The Bertz CT molecular complexity index is 533. The Labute approximate surface area is 175 Å². The third-order valence-corrected chi connectivity index (χ3v) is 4.39. The normalized spacial score (nSPS) is 16.7. The molecule has 1 aliphatic rings. The van der Waals surface area contributed by atoms with E-state index in [1.807, 2.05) is 6.92 Å². The lowest BCUT2D eigenvalue weighted by atomic mass is 9.96. The molecule has 0 heterocycles. The van der Waals surface area contributed by atoms with Crippen LogP contribution in [-0.4, -0.2) is 50.0 Å². The number of benzene rings is 1. The van der Waals surface area contributed by atoms with E-state index < -0.39 is 6.10 Å². The van der Waals surface area contributed by atoms with Gasteiger partial charge in [0, 0.05) is 25.1 Å². The molecular formula is C20H34IN3O2. The second kappa shape index (κ2) is 11.8. The molecular weight excluding hydrogens is 441 g/mol. The van der Waals surface area contributed by atoms with Crippen molar-refractivity contribution in [2.24, 2.45) is 10.9 Å². The van der Waals surface area contributed by atoms with Gasteiger partial charge < -0.3 is 20.5 Å². The predicted octanol–water partition coefficient (Wildman–Crippen LogP) is 2.92. The van der Waals surface area contributed by atoms with E-state index in [0.29, 0.717) is 25.7 Å². The second-order valence-electron chi connectivity index (χ2n) is 7.31. The summed E-state index contributed by atoms with van der Waals surface area (Å²) >= 11 is 0. The first kappa shape index (κ1) is 23.2. The molecule has 5 nitrogen and oxygen atoms in total. The summed E-state index contributed by atoms with van der Waals surface area (Å²) in [5.74, 6) is 1.24. The average molecular weight is 475 g/mol. The lowest BCUT2D eigenvalue weighted by Gasteiger charge is -2.18. The first-order chi connectivity index (χ1) is 12.1. The van der Waals surface area contributed by atoms with E-state index in [4.69, 9.17) is 9.73 Å². The van der Waals surface area contributed by atoms with E-state index in [2.05, 4.69) is 54.8 Å². The van der Waals surface area contributed by atoms with Gasteiger partial charge in [-0.25, -0.2) is 0 Å². The van der Waals surface area contributed by atoms with Crippen LogP contribution >= 0.6 is 24.0 Å². The SMILES string of the molecule is CCNC(=NCC1(c2ccccc2)CC1)NCC(O)COCC(C)C.I. The molecule has 1 unspecified atom stereocenters. The molecule has 0 aliphatic heterocycles. The quantitative estimate of drug-likeness (QED) is 0.277. The van der Waals surface area contributed by atoms with Gasteiger partial charge in [-0.15, -0.1) is 24.0 Å². The molecule has 2 rings (SSSR count). The Kier molecular flexibility index (Phi) is 10.5. The number of aliphatic hydroxyl groups excluding tert-OH is 1. The highest BCUT2D eigenvalue weighted by Crippen LogP contribution is 2.48. The Morgan fingerprint density at radius 3 is 2.46 bits per heavy atom. The van der Waals surface area contributed by atoms with Gasteiger partial charge in [0.25, 0.3) is 0 Å². The molecule has 1 saturated carbocycles. The minimum atomic E-state index is -0.536. The first-order valence-corrected chi connectivity index (χ1v) is 9.39. The minimum Gasteiger partial charge on any atom is -0.389 e. The smallest absolute Gasteiger partial charge is 0.191 e. The summed E-state index contributed by atoms with van der Waals surface area (Å²) in [5, 5.41) is 16.5. The summed E-state index contributed by atoms with van der Waals surface area (Å²) < 4.78 is 5.48. The predicted molar refractivity (Wildman–Crippen MR) is 118 cm³/mol. The molecule has 0 spiro atoms. The van der Waals surface area contributed by atoms with E-state index in [9.17, 15) is 5.11 Å². The molecule has 0 aromatic heterocycles. The lowest BCUT2D eigenvalue weighted by Crippen LogP contribution is -2.42. The molecule has 1 aromatic rings. The molecule has 0 saturated heterocycles. The third kappa shape index (κ3) is 7.80. The minimum absolute atomic E-state index is 0. The summed E-state index contributed by atoms with van der Waals surface area (Å²) in [6.45, 7) is 9.26. The molecule has 1 fully saturated rings. The van der Waals surface area contributed by atoms with Crippen LogP contribution < -0.4 is 10.6 Å². The Morgan fingerprint density at radius 2 is 1.88 bits per heavy atom. The van der Waals surface area contributed by atoms with Gasteiger partial charge >= 0.3 is 0 Å². The molecule has 1 aliphatic carbocycles. The molecule has 0 radical (unpaired) electrons. The number of guanidine groups is 1. The average Bonchev–Trinajstić information content (AvgIpc) is 3.39. The van der Waals surface area contributed by atoms with Gasteiger partial charge in [-0.1, -0.05) is 44.2 Å². The number of hydrogen-bond donors (Lipinski definition) is 3. The van der Waals surface area contributed by atoms with Crippen LogP contribution in [0.5, 0.6) is 0 Å². The number of nitrogens with zero attached hydrogens (tertiary/aromatic N) is 1. The molecule has 3 N–H and O–H groups in total. The second-order valence-corrected chi connectivity index (χ2v) is 7.31. The van der Waals surface area contributed by atoms with Crippen molar-refractivity contribution < 1.29 is 9.84 Å². The van der Waals surface area contributed by atoms with Crippen LogP contribution in [0, 0.1) is 5.92 Å². The van der Waals surface area contributed by atoms with Crippen molar-refractivity contribution >= 4 is 29.9 Å². The number of nitrogens with one attached hydrogen (secondary N) is 2. The Hall–Kier alpha value is -0.860. The van der Waals surface area contributed by atoms with Gasteiger partial charge in [-0.2, -0.15) is 0 Å². The van der Waals surface area contributed by atoms with E-state index in [1.165, 1.54) is 18.4 Å². The lowest BCUT2D eigenvalue weighted by molar-refractivity contribution is 0.0280. The maximum atomic E-state index is 10.0. The molecule has 1 atom stereocenters. The van der Waals surface area contributed by atoms with Crippen LogP contribution in [0.4, 0.5) is 0 Å². The van der Waals surface area contributed by atoms with Gasteiger partial charge in [0.1, 0.15) is 0 Å². The van der Waals surface area contributed by atoms with Crippen molar-refractivity contribution in [3.8, 4) is 0 Å². The highest BCUT2D eigenvalue weighted by molar-refractivity contribution is 14.0. The fraction of sp³-hybridized carbons (Fsp3) is 0.650. The molecule has 0 amide bonds. The highest BCUT2D eigenvalue weighted by atomic mass is 127. The molecule has 6 heteroatoms. The van der Waals surface area contributed by atoms with Crippen LogP contribution in [0.25, 0.3) is 0 Å². The molecule has 148 valence electrons. The van der Waals surface area contributed by atoms with Gasteiger partial charge in [0.15, 0.2) is 5.96 Å². The van der Waals surface area contributed by atoms with Crippen molar-refractivity contribution in [3.63, 3.8) is 0 Å². The van der Waals surface area contributed by atoms with Crippen molar-refractivity contribution in [2.45, 2.75) is 45.1 Å². The summed E-state index contributed by atoms with van der Waals surface area (Å²) in [7, 11) is 0. The standard InChI is InChI=1S/C20H33N3O2.HI/c1-4-21-19(22-12-18(24)14-25-13-16(2)3)23-15-20(10-11-20)17-8-6-5-7-9-17;/h5-9,16,18,24H,4,10-15H2,1-3H3,(H2,21,22,23);1H. The van der Waals surface area contributed by atoms with E-state index in [0.717, 1.165) is 19.0 Å². The van der Waals surface area contributed by atoms with E-state index in [-0.39, 0.29) is 29.4 Å². The van der Waals surface area contributed by atoms with Gasteiger partial charge in [-0.05, 0) is 31.2 Å². The van der Waals surface area contributed by atoms with Crippen molar-refractivity contribution in [2.75, 3.05) is 32.8 Å². The van der Waals surface area contributed by atoms with E-state index >= 15 is 0 Å². The highest BCUT2D eigenvalue weighted by Gasteiger charge is 2.43. The number of hydrogen-bond acceptors (Lipinski definition) is 3. The zero-order valence-corrected chi connectivity index (χ0v) is 18.5. The van der Waals surface area contributed by atoms with Crippen molar-refractivity contribution in [1.29, 1.82) is 0 Å². The summed E-state index contributed by atoms with van der Waals surface area (Å²) in [6, 6.07) is 10.6. The zero-order chi connectivity index (χ0) is 18.1. The number of ether oxygens (including phenoxy) is 1. The van der Waals surface area contributed by atoms with E-state index in [1.54, 1.807) is 0 Å². The van der Waals surface area contributed by atoms with Crippen molar-refractivity contribution in [3.05, 3.63) is 35.9 Å². The van der Waals surface area contributed by atoms with Crippen LogP contribution in [-0.2, 0) is 10.2 Å². The number of aliphatic imine (C=N–C) groups is 1. The third-order valence-electron chi connectivity index (χ3n) is 4.39. The summed E-state index contributed by atoms with van der Waals surface area (Å²) in [5.41, 5.74) is 1.57. The fourth-order valence-electron chi connectivity index (χ4n) is 2.77. The van der Waals surface area contributed by atoms with Gasteiger partial charge in [0.2, 0.25) is 0 Å². The molecule has 0 bridgehead atoms. The Balaban J connectivity index is 0.00000338. The molecule has 1 aromatic carbocycles. The summed E-state index contributed by atoms with van der Waals surface area (Å²) in [6.07, 6.45) is 1.84. The number of rotatable bonds is 10. The maximum Gasteiger partial charge on any atom is 0.191 e. The zero-order valence-electron chi connectivity index (χ0n) is 16.2. The monoisotopic (exact) mass is 475 g/mol. The maximum absolute atomic E-state index is 10.0. The fourth-order valence-corrected chi connectivity index (χ4v) is 2.77. The van der Waals surface area contributed by atoms with Crippen LogP contribution in [0.15, 0.2) is 35.3 Å². The number of aliphatic hydroxyl groups is 1. The van der Waals surface area contributed by atoms with Crippen LogP contribution in [0.1, 0.15) is 39.2 Å². The first-order valence-electron chi connectivity index (χ1n) is 9.39. The molecule has 26 heavy (non-hydrogen) atoms. The number of halogens is 1. The van der Waals surface area contributed by atoms with Crippen LogP contribution in [0.2, 0.25) is 0 Å². The van der Waals surface area contributed by atoms with Crippen molar-refractivity contribution in [1.82, 2.24) is 10.6 Å². The van der Waals surface area contributed by atoms with Gasteiger partial charge in [0.05, 0.1) is 19.3 Å². The topological polar surface area (TPSA) is 65.9 Å². The largest absolute Gasteiger partial charge is 0.389 e. The van der Waals surface area contributed by atoms with Crippen LogP contribution in [0.3, 0.4) is 0 Å². The van der Waals surface area contributed by atoms with Gasteiger partial charge in [-0.3, -0.25) is 4.99 Å².